The highest BCUT2D eigenvalue weighted by atomic mass is 35.6. The van der Waals surface area contributed by atoms with E-state index in [9.17, 15) is 18.0 Å². The van der Waals surface area contributed by atoms with Crippen molar-refractivity contribution in [3.63, 3.8) is 0 Å². The quantitative estimate of drug-likeness (QED) is 0.220. The van der Waals surface area contributed by atoms with Gasteiger partial charge in [-0.05, 0) is 13.5 Å². The van der Waals surface area contributed by atoms with Gasteiger partial charge in [-0.15, -0.1) is 17.5 Å². The van der Waals surface area contributed by atoms with Gasteiger partial charge in [-0.2, -0.15) is 8.42 Å². The number of hydrogen-bond acceptors (Lipinski definition) is 9. The van der Waals surface area contributed by atoms with Gasteiger partial charge in [-0.1, -0.05) is 40.7 Å². The van der Waals surface area contributed by atoms with Crippen molar-refractivity contribution >= 4 is 75.9 Å². The lowest BCUT2D eigenvalue weighted by Gasteiger charge is -2.24. The number of carbonyl (C=O) groups excluding carboxylic acids is 2. The number of carbonyl (C=O) groups is 2. The molecule has 9 nitrogen and oxygen atoms in total. The minimum absolute atomic E-state index is 0.228. The minimum atomic E-state index is -4.75. The largest absolute Gasteiger partial charge is 0.644 e. The van der Waals surface area contributed by atoms with Crippen molar-refractivity contribution in [2.45, 2.75) is 22.6 Å². The van der Waals surface area contributed by atoms with Crippen molar-refractivity contribution < 1.29 is 35.7 Å². The molecule has 1 rings (SSSR count). The summed E-state index contributed by atoms with van der Waals surface area (Å²) in [6.07, 6.45) is 0.794. The number of likely N-dealkylation sites (N-methyl/N-ethyl adjacent to an activating group) is 1. The van der Waals surface area contributed by atoms with Crippen LogP contribution in [0.3, 0.4) is 0 Å². The molecule has 0 aromatic rings. The van der Waals surface area contributed by atoms with Crippen LogP contribution in [0.15, 0.2) is 0 Å². The van der Waals surface area contributed by atoms with E-state index in [-0.39, 0.29) is 19.5 Å². The van der Waals surface area contributed by atoms with Crippen LogP contribution in [0, 0.1) is 11.8 Å². The maximum atomic E-state index is 12.0. The van der Waals surface area contributed by atoms with E-state index in [0.29, 0.717) is 12.3 Å². The number of nitrogens with zero attached hydrogens (tertiary/aromatic N) is 1. The molecule has 1 heterocycles. The number of alkyl halides is 4. The Labute approximate surface area is 183 Å². The molecular formula is C13H16BCl4NO8S. The fourth-order valence-electron chi connectivity index (χ4n) is 1.74. The van der Waals surface area contributed by atoms with Crippen molar-refractivity contribution in [3.05, 3.63) is 0 Å². The number of halogens is 4. The zero-order chi connectivity index (χ0) is 21.4. The second kappa shape index (κ2) is 11.7. The van der Waals surface area contributed by atoms with E-state index in [2.05, 4.69) is 16.0 Å². The van der Waals surface area contributed by atoms with E-state index in [0.717, 1.165) is 0 Å². The maximum absolute atomic E-state index is 12.0. The molecule has 0 amide bonds. The van der Waals surface area contributed by atoms with Crippen molar-refractivity contribution in [1.82, 2.24) is 4.90 Å². The van der Waals surface area contributed by atoms with Gasteiger partial charge < -0.3 is 9.31 Å². The third-order valence-electron chi connectivity index (χ3n) is 2.81. The predicted molar refractivity (Wildman–Crippen MR) is 103 cm³/mol. The first-order valence-corrected chi connectivity index (χ1v) is 10.7. The SMILES string of the molecule is CN1CC(=O)OB(C(C#CCCCCl)OS(=O)(=O)OCC(Cl)(Cl)Cl)OC(=O)C1. The van der Waals surface area contributed by atoms with Gasteiger partial charge in [-0.25, -0.2) is 8.37 Å². The summed E-state index contributed by atoms with van der Waals surface area (Å²) in [4.78, 5) is 25.1. The Kier molecular flexibility index (Phi) is 10.7. The Hall–Kier alpha value is -0.445. The summed E-state index contributed by atoms with van der Waals surface area (Å²) >= 11 is 21.9. The van der Waals surface area contributed by atoms with E-state index in [4.69, 9.17) is 59.9 Å². The van der Waals surface area contributed by atoms with E-state index in [1.54, 1.807) is 0 Å². The number of rotatable bonds is 7. The van der Waals surface area contributed by atoms with Gasteiger partial charge in [0.25, 0.3) is 0 Å². The molecule has 1 atom stereocenters. The van der Waals surface area contributed by atoms with Crippen molar-refractivity contribution in [1.29, 1.82) is 0 Å². The smallest absolute Gasteiger partial charge is 0.496 e. The molecule has 1 aliphatic rings. The van der Waals surface area contributed by atoms with Crippen LogP contribution in [-0.2, 0) is 37.7 Å². The molecule has 0 N–H and O–H groups in total. The highest BCUT2D eigenvalue weighted by Gasteiger charge is 2.43. The summed E-state index contributed by atoms with van der Waals surface area (Å²) in [5.74, 6) is 3.78. The second-order valence-electron chi connectivity index (χ2n) is 5.44. The van der Waals surface area contributed by atoms with Gasteiger partial charge in [0.15, 0.2) is 0 Å². The van der Waals surface area contributed by atoms with Crippen LogP contribution >= 0.6 is 46.4 Å². The molecule has 0 aromatic heterocycles. The normalized spacial score (nSPS) is 17.7. The molecule has 0 aromatic carbocycles. The highest BCUT2D eigenvalue weighted by Crippen LogP contribution is 2.27. The average molecular weight is 499 g/mol. The summed E-state index contributed by atoms with van der Waals surface area (Å²) in [6.45, 7) is -1.30. The zero-order valence-electron chi connectivity index (χ0n) is 14.5. The maximum Gasteiger partial charge on any atom is 0.644 e. The molecule has 1 aliphatic heterocycles. The molecule has 0 spiro atoms. The molecular weight excluding hydrogens is 483 g/mol. The summed E-state index contributed by atoms with van der Waals surface area (Å²) in [5, 5.41) is 0. The van der Waals surface area contributed by atoms with Crippen LogP contribution in [0.2, 0.25) is 0 Å². The Balaban J connectivity index is 3.00. The van der Waals surface area contributed by atoms with Gasteiger partial charge in [0.1, 0.15) is 6.61 Å². The Morgan fingerprint density at radius 3 is 2.32 bits per heavy atom. The molecule has 28 heavy (non-hydrogen) atoms. The molecule has 1 unspecified atom stereocenters. The van der Waals surface area contributed by atoms with Gasteiger partial charge >= 0.3 is 29.5 Å². The third kappa shape index (κ3) is 10.9. The number of unbranched alkanes of at least 4 members (excludes halogenated alkanes) is 1. The molecule has 0 aliphatic carbocycles. The van der Waals surface area contributed by atoms with Crippen molar-refractivity contribution in [3.8, 4) is 11.8 Å². The summed E-state index contributed by atoms with van der Waals surface area (Å²) in [7, 11) is -5.00. The second-order valence-corrected chi connectivity index (χ2v) is 9.58. The van der Waals surface area contributed by atoms with Crippen molar-refractivity contribution in [2.24, 2.45) is 0 Å². The monoisotopic (exact) mass is 497 g/mol. The Bertz CT molecular complexity index is 700. The van der Waals surface area contributed by atoms with Gasteiger partial charge in [0.05, 0.1) is 13.1 Å². The molecule has 1 fully saturated rings. The first-order valence-electron chi connectivity index (χ1n) is 7.68. The lowest BCUT2D eigenvalue weighted by Crippen LogP contribution is -2.49. The topological polar surface area (TPSA) is 108 Å². The molecule has 1 saturated heterocycles. The molecule has 158 valence electrons. The molecule has 0 radical (unpaired) electrons. The van der Waals surface area contributed by atoms with E-state index in [1.807, 2.05) is 0 Å². The molecule has 0 saturated carbocycles. The van der Waals surface area contributed by atoms with Gasteiger partial charge in [0, 0.05) is 12.3 Å². The summed E-state index contributed by atoms with van der Waals surface area (Å²) in [6, 6.07) is -1.70. The van der Waals surface area contributed by atoms with E-state index < -0.39 is 45.9 Å². The fourth-order valence-corrected chi connectivity index (χ4v) is 3.00. The minimum Gasteiger partial charge on any atom is -0.496 e. The first-order chi connectivity index (χ1) is 12.9. The van der Waals surface area contributed by atoms with Gasteiger partial charge in [0.2, 0.25) is 9.80 Å². The lowest BCUT2D eigenvalue weighted by atomic mass is 9.80. The summed E-state index contributed by atoms with van der Waals surface area (Å²) < 4.78 is 41.1. The first kappa shape index (κ1) is 25.6. The highest BCUT2D eigenvalue weighted by molar-refractivity contribution is 7.82. The Morgan fingerprint density at radius 1 is 1.25 bits per heavy atom. The zero-order valence-corrected chi connectivity index (χ0v) is 18.4. The fraction of sp³-hybridized carbons (Fsp3) is 0.692. The van der Waals surface area contributed by atoms with Crippen LogP contribution in [0.5, 0.6) is 0 Å². The average Bonchev–Trinajstić information content (AvgIpc) is 2.53. The van der Waals surface area contributed by atoms with Crippen LogP contribution in [-0.4, -0.2) is 74.8 Å². The van der Waals surface area contributed by atoms with Crippen LogP contribution in [0.25, 0.3) is 0 Å². The van der Waals surface area contributed by atoms with Crippen LogP contribution in [0.4, 0.5) is 0 Å². The van der Waals surface area contributed by atoms with Crippen LogP contribution in [0.1, 0.15) is 12.8 Å². The summed E-state index contributed by atoms with van der Waals surface area (Å²) in [5.41, 5.74) is 0. The molecule has 0 bridgehead atoms. The lowest BCUT2D eigenvalue weighted by molar-refractivity contribution is -0.146. The van der Waals surface area contributed by atoms with Crippen molar-refractivity contribution in [2.75, 3.05) is 32.6 Å². The third-order valence-corrected chi connectivity index (χ3v) is 4.25. The predicted octanol–water partition coefficient (Wildman–Crippen LogP) is 1.08. The van der Waals surface area contributed by atoms with E-state index >= 15 is 0 Å². The van der Waals surface area contributed by atoms with Gasteiger partial charge in [-0.3, -0.25) is 14.5 Å². The van der Waals surface area contributed by atoms with E-state index in [1.165, 1.54) is 11.9 Å². The Morgan fingerprint density at radius 2 is 1.82 bits per heavy atom. The standard InChI is InChI=1S/C13H16BCl4NO8S/c1-19-7-11(20)25-14(26-12(21)8-19)10(5-3-2-4-6-15)27-28(22,23)24-9-13(16,17)18/h10H,2,4,6-9H2,1H3. The molecule has 15 heteroatoms. The van der Waals surface area contributed by atoms with Crippen LogP contribution < -0.4 is 0 Å². The number of hydrogen-bond donors (Lipinski definition) is 0.